The first-order valence-corrected chi connectivity index (χ1v) is 5.24. The summed E-state index contributed by atoms with van der Waals surface area (Å²) in [5.74, 6) is -0.309. The van der Waals surface area contributed by atoms with Gasteiger partial charge in [-0.2, -0.15) is 13.2 Å². The molecule has 0 radical (unpaired) electrons. The number of nitrogens with zero attached hydrogens (tertiary/aromatic N) is 1. The highest BCUT2D eigenvalue weighted by atomic mass is 19.4. The van der Waals surface area contributed by atoms with E-state index in [1.165, 1.54) is 12.1 Å². The molecule has 0 aliphatic rings. The van der Waals surface area contributed by atoms with Gasteiger partial charge in [-0.1, -0.05) is 0 Å². The van der Waals surface area contributed by atoms with Gasteiger partial charge in [0.2, 0.25) is 0 Å². The van der Waals surface area contributed by atoms with E-state index in [1.807, 2.05) is 0 Å². The van der Waals surface area contributed by atoms with E-state index in [0.29, 0.717) is 18.4 Å². The molecule has 2 aromatic rings. The fourth-order valence-corrected chi connectivity index (χ4v) is 1.63. The van der Waals surface area contributed by atoms with Crippen LogP contribution in [0.1, 0.15) is 16.1 Å². The Balaban J connectivity index is 2.63. The lowest BCUT2D eigenvalue weighted by Crippen LogP contribution is -2.05. The van der Waals surface area contributed by atoms with Gasteiger partial charge in [-0.05, 0) is 24.3 Å². The summed E-state index contributed by atoms with van der Waals surface area (Å²) >= 11 is 0. The maximum Gasteiger partial charge on any atom is 0.416 e. The summed E-state index contributed by atoms with van der Waals surface area (Å²) in [5, 5.41) is 10.8. The molecule has 8 heteroatoms. The highest BCUT2D eigenvalue weighted by Crippen LogP contribution is 2.37. The minimum Gasteiger partial charge on any atom is -0.453 e. The van der Waals surface area contributed by atoms with Gasteiger partial charge in [-0.25, -0.2) is 0 Å². The van der Waals surface area contributed by atoms with E-state index in [9.17, 15) is 28.1 Å². The van der Waals surface area contributed by atoms with Crippen molar-refractivity contribution in [3.05, 3.63) is 51.8 Å². The van der Waals surface area contributed by atoms with Crippen LogP contribution in [0.15, 0.2) is 34.7 Å². The number of hydrogen-bond acceptors (Lipinski definition) is 4. The number of nitro benzene ring substituents is 1. The van der Waals surface area contributed by atoms with Crippen LogP contribution in [0.2, 0.25) is 0 Å². The summed E-state index contributed by atoms with van der Waals surface area (Å²) in [6.07, 6.45) is -4.28. The van der Waals surface area contributed by atoms with E-state index in [-0.39, 0.29) is 17.1 Å². The van der Waals surface area contributed by atoms with Crippen LogP contribution in [0.4, 0.5) is 18.9 Å². The molecule has 1 aromatic carbocycles. The van der Waals surface area contributed by atoms with Crippen LogP contribution in [-0.4, -0.2) is 11.2 Å². The van der Waals surface area contributed by atoms with Crippen LogP contribution in [0.5, 0.6) is 0 Å². The van der Waals surface area contributed by atoms with Crippen LogP contribution in [0.3, 0.4) is 0 Å². The van der Waals surface area contributed by atoms with Crippen LogP contribution < -0.4 is 0 Å². The van der Waals surface area contributed by atoms with Gasteiger partial charge in [0, 0.05) is 6.07 Å². The van der Waals surface area contributed by atoms with Crippen molar-refractivity contribution in [3.8, 4) is 11.3 Å². The predicted octanol–water partition coefficient (Wildman–Crippen LogP) is 3.69. The van der Waals surface area contributed by atoms with Crippen molar-refractivity contribution in [3.63, 3.8) is 0 Å². The number of carbonyl (C=O) groups is 1. The molecule has 0 aliphatic heterocycles. The minimum absolute atomic E-state index is 0.133. The third kappa shape index (κ3) is 2.53. The number of furan rings is 1. The largest absolute Gasteiger partial charge is 0.453 e. The van der Waals surface area contributed by atoms with Crippen molar-refractivity contribution >= 4 is 12.0 Å². The van der Waals surface area contributed by atoms with Gasteiger partial charge in [0.05, 0.1) is 16.1 Å². The summed E-state index contributed by atoms with van der Waals surface area (Å²) in [6, 6.07) is 4.40. The van der Waals surface area contributed by atoms with Crippen molar-refractivity contribution < 1.29 is 27.3 Å². The number of nitro groups is 1. The first-order chi connectivity index (χ1) is 9.32. The number of aldehydes is 1. The standard InChI is InChI=1S/C12H6F3NO4/c13-12(14,15)7-1-3-10(16(18)19)9(5-7)11-4-2-8(6-17)20-11/h1-6H. The molecule has 20 heavy (non-hydrogen) atoms. The summed E-state index contributed by atoms with van der Waals surface area (Å²) < 4.78 is 42.8. The second-order valence-electron chi connectivity index (χ2n) is 3.81. The topological polar surface area (TPSA) is 73.3 Å². The van der Waals surface area contributed by atoms with Gasteiger partial charge in [-0.3, -0.25) is 14.9 Å². The van der Waals surface area contributed by atoms with Crippen molar-refractivity contribution in [1.82, 2.24) is 0 Å². The average molecular weight is 285 g/mol. The highest BCUT2D eigenvalue weighted by Gasteiger charge is 2.33. The molecule has 5 nitrogen and oxygen atoms in total. The Bertz CT molecular complexity index is 676. The zero-order chi connectivity index (χ0) is 14.9. The molecule has 1 heterocycles. The number of benzene rings is 1. The zero-order valence-electron chi connectivity index (χ0n) is 9.68. The molecule has 0 saturated heterocycles. The van der Waals surface area contributed by atoms with Crippen LogP contribution >= 0.6 is 0 Å². The zero-order valence-corrected chi connectivity index (χ0v) is 9.68. The molecular weight excluding hydrogens is 279 g/mol. The lowest BCUT2D eigenvalue weighted by atomic mass is 10.1. The molecule has 0 spiro atoms. The maximum atomic E-state index is 12.6. The van der Waals surface area contributed by atoms with E-state index in [1.54, 1.807) is 0 Å². The molecule has 1 aromatic heterocycles. The predicted molar refractivity (Wildman–Crippen MR) is 61.2 cm³/mol. The number of alkyl halides is 3. The number of rotatable bonds is 3. The highest BCUT2D eigenvalue weighted by molar-refractivity contribution is 5.75. The number of hydrogen-bond donors (Lipinski definition) is 0. The fraction of sp³-hybridized carbons (Fsp3) is 0.0833. The maximum absolute atomic E-state index is 12.6. The Hall–Kier alpha value is -2.64. The lowest BCUT2D eigenvalue weighted by Gasteiger charge is -2.08. The second-order valence-corrected chi connectivity index (χ2v) is 3.81. The van der Waals surface area contributed by atoms with Gasteiger partial charge in [0.1, 0.15) is 5.76 Å². The molecule has 104 valence electrons. The second kappa shape index (κ2) is 4.80. The van der Waals surface area contributed by atoms with Crippen molar-refractivity contribution in [2.45, 2.75) is 6.18 Å². The van der Waals surface area contributed by atoms with Crippen molar-refractivity contribution in [2.24, 2.45) is 0 Å². The average Bonchev–Trinajstić information content (AvgIpc) is 2.85. The van der Waals surface area contributed by atoms with E-state index in [0.717, 1.165) is 6.07 Å². The van der Waals surface area contributed by atoms with Gasteiger partial charge in [-0.15, -0.1) is 0 Å². The van der Waals surface area contributed by atoms with Crippen LogP contribution in [0, 0.1) is 10.1 Å². The quantitative estimate of drug-likeness (QED) is 0.489. The number of carbonyl (C=O) groups excluding carboxylic acids is 1. The van der Waals surface area contributed by atoms with Gasteiger partial charge in [0.25, 0.3) is 5.69 Å². The Labute approximate surface area is 109 Å². The van der Waals surface area contributed by atoms with Gasteiger partial charge >= 0.3 is 6.18 Å². The third-order valence-electron chi connectivity index (χ3n) is 2.53. The van der Waals surface area contributed by atoms with Crippen LogP contribution in [-0.2, 0) is 6.18 Å². The Kier molecular flexibility index (Phi) is 3.31. The smallest absolute Gasteiger partial charge is 0.416 e. The van der Waals surface area contributed by atoms with E-state index in [2.05, 4.69) is 0 Å². The van der Waals surface area contributed by atoms with Crippen LogP contribution in [0.25, 0.3) is 11.3 Å². The molecule has 0 N–H and O–H groups in total. The lowest BCUT2D eigenvalue weighted by molar-refractivity contribution is -0.384. The Morgan fingerprint density at radius 3 is 2.40 bits per heavy atom. The molecule has 0 saturated carbocycles. The third-order valence-corrected chi connectivity index (χ3v) is 2.53. The van der Waals surface area contributed by atoms with Crippen molar-refractivity contribution in [2.75, 3.05) is 0 Å². The Morgan fingerprint density at radius 2 is 1.90 bits per heavy atom. The fourth-order valence-electron chi connectivity index (χ4n) is 1.63. The van der Waals surface area contributed by atoms with E-state index in [4.69, 9.17) is 4.42 Å². The molecule has 0 atom stereocenters. The molecule has 0 bridgehead atoms. The SMILES string of the molecule is O=Cc1ccc(-c2cc(C(F)(F)F)ccc2[N+](=O)[O-])o1. The molecule has 0 amide bonds. The molecule has 0 aliphatic carbocycles. The molecule has 0 fully saturated rings. The first-order valence-electron chi connectivity index (χ1n) is 5.24. The molecule has 0 unspecified atom stereocenters. The van der Waals surface area contributed by atoms with E-state index < -0.39 is 22.4 Å². The Morgan fingerprint density at radius 1 is 1.20 bits per heavy atom. The summed E-state index contributed by atoms with van der Waals surface area (Å²) in [4.78, 5) is 20.5. The van der Waals surface area contributed by atoms with E-state index >= 15 is 0 Å². The summed E-state index contributed by atoms with van der Waals surface area (Å²) in [5.41, 5.74) is -1.91. The monoisotopic (exact) mass is 285 g/mol. The normalized spacial score (nSPS) is 11.3. The van der Waals surface area contributed by atoms with Gasteiger partial charge in [0.15, 0.2) is 12.0 Å². The number of halogens is 3. The summed E-state index contributed by atoms with van der Waals surface area (Å²) in [7, 11) is 0. The van der Waals surface area contributed by atoms with Gasteiger partial charge < -0.3 is 4.42 Å². The first kappa shape index (κ1) is 13.8. The van der Waals surface area contributed by atoms with Crippen molar-refractivity contribution in [1.29, 1.82) is 0 Å². The minimum atomic E-state index is -4.63. The molecular formula is C12H6F3NO4. The molecule has 2 rings (SSSR count). The summed E-state index contributed by atoms with van der Waals surface area (Å²) in [6.45, 7) is 0.